The van der Waals surface area contributed by atoms with E-state index >= 15 is 0 Å². The van der Waals surface area contributed by atoms with Crippen molar-refractivity contribution in [3.8, 4) is 0 Å². The van der Waals surface area contributed by atoms with Gasteiger partial charge in [0, 0.05) is 22.2 Å². The molecule has 0 amide bonds. The summed E-state index contributed by atoms with van der Waals surface area (Å²) < 4.78 is 0. The molecule has 3 unspecified atom stereocenters. The second-order valence-electron chi connectivity index (χ2n) is 5.77. The van der Waals surface area contributed by atoms with E-state index in [0.717, 1.165) is 22.1 Å². The van der Waals surface area contributed by atoms with E-state index in [-0.39, 0.29) is 0 Å². The summed E-state index contributed by atoms with van der Waals surface area (Å²) in [7, 11) is 0. The summed E-state index contributed by atoms with van der Waals surface area (Å²) in [5.74, 6) is 1.46. The molecule has 110 valence electrons. The minimum Gasteiger partial charge on any atom is -0.389 e. The molecule has 0 aromatic heterocycles. The number of nitrogens with one attached hydrogen (secondary N) is 1. The first-order valence-electron chi connectivity index (χ1n) is 7.28. The molecule has 1 aliphatic carbocycles. The van der Waals surface area contributed by atoms with E-state index < -0.39 is 0 Å². The van der Waals surface area contributed by atoms with E-state index in [4.69, 9.17) is 18.0 Å². The standard InChI is InChI=1S/C16H24N2S2/c1-10-6-4-7-12(11(10)2)18-13-8-5-9-14(20-3)15(13)16(17)19/h5,8-12,18H,4,6-7H2,1-3H3,(H2,17,19). The fourth-order valence-electron chi connectivity index (χ4n) is 3.06. The molecule has 0 saturated heterocycles. The molecule has 1 saturated carbocycles. The molecule has 0 spiro atoms. The SMILES string of the molecule is CSc1cccc(NC2CCCC(C)C2C)c1C(N)=S. The predicted octanol–water partition coefficient (Wildman–Crippen LogP) is 4.28. The molecule has 4 heteroatoms. The smallest absolute Gasteiger partial charge is 0.107 e. The third-order valence-electron chi connectivity index (χ3n) is 4.54. The van der Waals surface area contributed by atoms with Crippen LogP contribution in [0.5, 0.6) is 0 Å². The molecule has 1 fully saturated rings. The number of anilines is 1. The van der Waals surface area contributed by atoms with Crippen molar-refractivity contribution in [1.29, 1.82) is 0 Å². The van der Waals surface area contributed by atoms with Gasteiger partial charge in [-0.15, -0.1) is 11.8 Å². The van der Waals surface area contributed by atoms with E-state index in [1.54, 1.807) is 11.8 Å². The van der Waals surface area contributed by atoms with Gasteiger partial charge in [0.05, 0.1) is 0 Å². The van der Waals surface area contributed by atoms with Gasteiger partial charge >= 0.3 is 0 Å². The first-order valence-corrected chi connectivity index (χ1v) is 8.91. The Morgan fingerprint density at radius 2 is 2.10 bits per heavy atom. The zero-order valence-electron chi connectivity index (χ0n) is 12.5. The number of nitrogens with two attached hydrogens (primary N) is 1. The normalized spacial score (nSPS) is 26.2. The lowest BCUT2D eigenvalue weighted by Crippen LogP contribution is -2.35. The average molecular weight is 309 g/mol. The van der Waals surface area contributed by atoms with E-state index in [1.165, 1.54) is 19.3 Å². The molecule has 1 aromatic rings. The van der Waals surface area contributed by atoms with Crippen LogP contribution in [0.1, 0.15) is 38.7 Å². The Balaban J connectivity index is 2.27. The highest BCUT2D eigenvalue weighted by Crippen LogP contribution is 2.34. The van der Waals surface area contributed by atoms with Gasteiger partial charge in [-0.25, -0.2) is 0 Å². The van der Waals surface area contributed by atoms with Crippen LogP contribution in [-0.2, 0) is 0 Å². The number of hydrogen-bond acceptors (Lipinski definition) is 3. The summed E-state index contributed by atoms with van der Waals surface area (Å²) in [6, 6.07) is 6.77. The summed E-state index contributed by atoms with van der Waals surface area (Å²) in [6.07, 6.45) is 5.93. The Hall–Kier alpha value is -0.740. The summed E-state index contributed by atoms with van der Waals surface area (Å²) in [4.78, 5) is 1.63. The monoisotopic (exact) mass is 308 g/mol. The number of hydrogen-bond donors (Lipinski definition) is 2. The third kappa shape index (κ3) is 3.29. The molecule has 2 nitrogen and oxygen atoms in total. The van der Waals surface area contributed by atoms with Crippen LogP contribution in [0.4, 0.5) is 5.69 Å². The second-order valence-corrected chi connectivity index (χ2v) is 7.05. The van der Waals surface area contributed by atoms with E-state index in [2.05, 4.69) is 43.6 Å². The number of rotatable bonds is 4. The van der Waals surface area contributed by atoms with Gasteiger partial charge in [0.2, 0.25) is 0 Å². The Morgan fingerprint density at radius 1 is 1.35 bits per heavy atom. The van der Waals surface area contributed by atoms with E-state index in [0.29, 0.717) is 16.9 Å². The van der Waals surface area contributed by atoms with Crippen molar-refractivity contribution in [3.63, 3.8) is 0 Å². The Labute approximate surface area is 131 Å². The van der Waals surface area contributed by atoms with Crippen LogP contribution in [0.15, 0.2) is 23.1 Å². The fourth-order valence-corrected chi connectivity index (χ4v) is 3.98. The molecule has 2 rings (SSSR count). The topological polar surface area (TPSA) is 38.0 Å². The fraction of sp³-hybridized carbons (Fsp3) is 0.562. The molecule has 1 aromatic carbocycles. The lowest BCUT2D eigenvalue weighted by atomic mass is 9.78. The van der Waals surface area contributed by atoms with Crippen LogP contribution in [0.3, 0.4) is 0 Å². The minimum atomic E-state index is 0.481. The average Bonchev–Trinajstić information content (AvgIpc) is 2.43. The van der Waals surface area contributed by atoms with Crippen molar-refractivity contribution >= 4 is 34.7 Å². The second kappa shape index (κ2) is 6.81. The lowest BCUT2D eigenvalue weighted by Gasteiger charge is -2.35. The van der Waals surface area contributed by atoms with Crippen molar-refractivity contribution in [1.82, 2.24) is 0 Å². The van der Waals surface area contributed by atoms with Crippen LogP contribution >= 0.6 is 24.0 Å². The van der Waals surface area contributed by atoms with Crippen LogP contribution in [0.25, 0.3) is 0 Å². The third-order valence-corrected chi connectivity index (χ3v) is 5.52. The highest BCUT2D eigenvalue weighted by Gasteiger charge is 2.27. The summed E-state index contributed by atoms with van der Waals surface area (Å²) >= 11 is 6.94. The Bertz CT molecular complexity index is 487. The maximum Gasteiger partial charge on any atom is 0.107 e. The highest BCUT2D eigenvalue weighted by molar-refractivity contribution is 7.98. The maximum absolute atomic E-state index is 5.94. The van der Waals surface area contributed by atoms with Crippen LogP contribution in [0, 0.1) is 11.8 Å². The van der Waals surface area contributed by atoms with Gasteiger partial charge in [-0.2, -0.15) is 0 Å². The Kier molecular flexibility index (Phi) is 5.33. The molecule has 1 aliphatic rings. The van der Waals surface area contributed by atoms with Gasteiger partial charge in [-0.1, -0.05) is 45.0 Å². The lowest BCUT2D eigenvalue weighted by molar-refractivity contribution is 0.253. The number of benzene rings is 1. The molecule has 3 atom stereocenters. The molecule has 20 heavy (non-hydrogen) atoms. The maximum atomic E-state index is 5.94. The van der Waals surface area contributed by atoms with E-state index in [9.17, 15) is 0 Å². The molecular formula is C16H24N2S2. The minimum absolute atomic E-state index is 0.481. The molecule has 0 heterocycles. The van der Waals surface area contributed by atoms with Crippen molar-refractivity contribution in [2.24, 2.45) is 17.6 Å². The summed E-state index contributed by atoms with van der Waals surface area (Å²) in [5.41, 5.74) is 8.03. The van der Waals surface area contributed by atoms with Gasteiger partial charge in [-0.05, 0) is 36.6 Å². The quantitative estimate of drug-likeness (QED) is 0.643. The summed E-state index contributed by atoms with van der Waals surface area (Å²) in [6.45, 7) is 4.70. The first-order chi connectivity index (χ1) is 9.54. The molecular weight excluding hydrogens is 284 g/mol. The van der Waals surface area contributed by atoms with Crippen molar-refractivity contribution in [2.75, 3.05) is 11.6 Å². The van der Waals surface area contributed by atoms with Crippen LogP contribution < -0.4 is 11.1 Å². The largest absolute Gasteiger partial charge is 0.389 e. The van der Waals surface area contributed by atoms with Crippen molar-refractivity contribution in [2.45, 2.75) is 44.0 Å². The predicted molar refractivity (Wildman–Crippen MR) is 93.7 cm³/mol. The van der Waals surface area contributed by atoms with Gasteiger partial charge in [0.15, 0.2) is 0 Å². The summed E-state index contributed by atoms with van der Waals surface area (Å²) in [5, 5.41) is 3.70. The Morgan fingerprint density at radius 3 is 2.75 bits per heavy atom. The number of thiocarbonyl (C=S) groups is 1. The first kappa shape index (κ1) is 15.6. The zero-order chi connectivity index (χ0) is 14.7. The number of thioether (sulfide) groups is 1. The van der Waals surface area contributed by atoms with Gasteiger partial charge < -0.3 is 11.1 Å². The molecule has 3 N–H and O–H groups in total. The van der Waals surface area contributed by atoms with Gasteiger partial charge in [0.1, 0.15) is 4.99 Å². The van der Waals surface area contributed by atoms with Gasteiger partial charge in [-0.3, -0.25) is 0 Å². The zero-order valence-corrected chi connectivity index (χ0v) is 14.1. The highest BCUT2D eigenvalue weighted by atomic mass is 32.2. The van der Waals surface area contributed by atoms with Crippen LogP contribution in [0.2, 0.25) is 0 Å². The van der Waals surface area contributed by atoms with Crippen molar-refractivity contribution in [3.05, 3.63) is 23.8 Å². The van der Waals surface area contributed by atoms with Crippen LogP contribution in [-0.4, -0.2) is 17.3 Å². The van der Waals surface area contributed by atoms with Crippen molar-refractivity contribution < 1.29 is 0 Å². The van der Waals surface area contributed by atoms with E-state index in [1.807, 2.05) is 0 Å². The molecule has 0 bridgehead atoms. The van der Waals surface area contributed by atoms with Gasteiger partial charge in [0.25, 0.3) is 0 Å². The molecule has 0 aliphatic heterocycles. The molecule has 0 radical (unpaired) electrons.